The Bertz CT molecular complexity index is 1340. The minimum absolute atomic E-state index is 0.00304. The average molecular weight is 508 g/mol. The molecular formula is C26H25N3O4S2. The van der Waals surface area contributed by atoms with E-state index in [1.54, 1.807) is 23.5 Å². The van der Waals surface area contributed by atoms with Gasteiger partial charge in [0.2, 0.25) is 5.89 Å². The van der Waals surface area contributed by atoms with Gasteiger partial charge >= 0.3 is 0 Å². The first-order chi connectivity index (χ1) is 16.9. The van der Waals surface area contributed by atoms with Crippen LogP contribution in [0.4, 0.5) is 0 Å². The van der Waals surface area contributed by atoms with Gasteiger partial charge in [-0.25, -0.2) is 9.97 Å². The molecule has 0 fully saturated rings. The number of aliphatic hydroxyl groups excluding tert-OH is 2. The van der Waals surface area contributed by atoms with Gasteiger partial charge in [-0.2, -0.15) is 16.6 Å². The number of aromatic nitrogens is 2. The Morgan fingerprint density at radius 2 is 1.91 bits per heavy atom. The Morgan fingerprint density at radius 3 is 2.57 bits per heavy atom. The van der Waals surface area contributed by atoms with Gasteiger partial charge < -0.3 is 19.4 Å². The summed E-state index contributed by atoms with van der Waals surface area (Å²) in [4.78, 5) is 9.36. The molecule has 0 saturated heterocycles. The van der Waals surface area contributed by atoms with Crippen molar-refractivity contribution < 1.29 is 19.4 Å². The Balaban J connectivity index is 1.60. The molecule has 35 heavy (non-hydrogen) atoms. The van der Waals surface area contributed by atoms with Crippen molar-refractivity contribution >= 4 is 23.1 Å². The third-order valence-electron chi connectivity index (χ3n) is 5.57. The number of nitriles is 1. The molecule has 0 saturated carbocycles. The van der Waals surface area contributed by atoms with Gasteiger partial charge in [0.1, 0.15) is 35.3 Å². The molecule has 9 heteroatoms. The van der Waals surface area contributed by atoms with E-state index in [4.69, 9.17) is 19.2 Å². The maximum atomic E-state index is 10.1. The Kier molecular flexibility index (Phi) is 7.88. The number of aryl methyl sites for hydroxylation is 2. The quantitative estimate of drug-likeness (QED) is 0.294. The molecule has 3 aromatic heterocycles. The van der Waals surface area contributed by atoms with Gasteiger partial charge in [-0.05, 0) is 55.5 Å². The zero-order chi connectivity index (χ0) is 24.9. The van der Waals surface area contributed by atoms with Gasteiger partial charge in [0.25, 0.3) is 0 Å². The average Bonchev–Trinajstić information content (AvgIpc) is 3.53. The molecule has 1 aromatic carbocycles. The lowest BCUT2D eigenvalue weighted by molar-refractivity contribution is 0.0536. The molecule has 4 rings (SSSR count). The Labute approximate surface area is 212 Å². The number of ether oxygens (including phenoxy) is 1. The molecule has 0 aliphatic heterocycles. The largest absolute Gasteiger partial charge is 0.491 e. The van der Waals surface area contributed by atoms with E-state index < -0.39 is 6.10 Å². The number of hydrogen-bond donors (Lipinski definition) is 2. The van der Waals surface area contributed by atoms with Crippen molar-refractivity contribution in [2.75, 3.05) is 13.2 Å². The van der Waals surface area contributed by atoms with Crippen LogP contribution in [0.1, 0.15) is 28.3 Å². The molecule has 4 aromatic rings. The van der Waals surface area contributed by atoms with Crippen LogP contribution >= 0.6 is 23.1 Å². The maximum absolute atomic E-state index is 10.1. The third-order valence-corrected chi connectivity index (χ3v) is 7.24. The molecule has 0 unspecified atom stereocenters. The molecule has 0 radical (unpaired) electrons. The first-order valence-electron chi connectivity index (χ1n) is 11.0. The predicted octanol–water partition coefficient (Wildman–Crippen LogP) is 5.29. The highest BCUT2D eigenvalue weighted by Gasteiger charge is 2.19. The van der Waals surface area contributed by atoms with Crippen LogP contribution in [-0.2, 0) is 5.75 Å². The third kappa shape index (κ3) is 5.57. The highest BCUT2D eigenvalue weighted by atomic mass is 32.2. The van der Waals surface area contributed by atoms with Crippen LogP contribution in [0.15, 0.2) is 50.5 Å². The first-order valence-corrected chi connectivity index (χ1v) is 12.9. The number of hydrogen-bond acceptors (Lipinski definition) is 9. The van der Waals surface area contributed by atoms with Crippen LogP contribution in [0.3, 0.4) is 0 Å². The van der Waals surface area contributed by atoms with E-state index in [0.717, 1.165) is 39.4 Å². The number of oxazole rings is 1. The highest BCUT2D eigenvalue weighted by Crippen LogP contribution is 2.36. The van der Waals surface area contributed by atoms with Crippen LogP contribution in [0, 0.1) is 32.1 Å². The number of rotatable bonds is 9. The topological polar surface area (TPSA) is 112 Å². The fraction of sp³-hybridized carbons (Fsp3) is 0.269. The van der Waals surface area contributed by atoms with E-state index in [-0.39, 0.29) is 13.2 Å². The van der Waals surface area contributed by atoms with Gasteiger partial charge in [0.15, 0.2) is 0 Å². The van der Waals surface area contributed by atoms with Gasteiger partial charge in [-0.3, -0.25) is 0 Å². The van der Waals surface area contributed by atoms with E-state index in [0.29, 0.717) is 28.0 Å². The molecule has 0 aliphatic carbocycles. The zero-order valence-corrected chi connectivity index (χ0v) is 21.2. The molecule has 7 nitrogen and oxygen atoms in total. The van der Waals surface area contributed by atoms with Gasteiger partial charge in [-0.15, -0.1) is 0 Å². The lowest BCUT2D eigenvalue weighted by Crippen LogP contribution is -2.21. The summed E-state index contributed by atoms with van der Waals surface area (Å²) in [5.74, 6) is 2.45. The molecule has 1 atom stereocenters. The van der Waals surface area contributed by atoms with Crippen molar-refractivity contribution in [1.29, 1.82) is 5.26 Å². The number of aliphatic hydroxyl groups is 2. The Morgan fingerprint density at radius 1 is 1.14 bits per heavy atom. The predicted molar refractivity (Wildman–Crippen MR) is 137 cm³/mol. The van der Waals surface area contributed by atoms with Gasteiger partial charge in [0, 0.05) is 28.0 Å². The monoisotopic (exact) mass is 507 g/mol. The summed E-state index contributed by atoms with van der Waals surface area (Å²) in [6.07, 6.45) is -0.931. The van der Waals surface area contributed by atoms with Crippen LogP contribution in [0.25, 0.3) is 22.6 Å². The molecule has 0 aliphatic rings. The van der Waals surface area contributed by atoms with Crippen LogP contribution in [-0.4, -0.2) is 39.5 Å². The van der Waals surface area contributed by atoms with Crippen molar-refractivity contribution in [3.8, 4) is 34.4 Å². The number of thiophene rings is 1. The molecule has 180 valence electrons. The smallest absolute Gasteiger partial charge is 0.227 e. The number of benzene rings is 1. The summed E-state index contributed by atoms with van der Waals surface area (Å²) >= 11 is 3.06. The minimum atomic E-state index is -0.931. The van der Waals surface area contributed by atoms with Crippen LogP contribution < -0.4 is 4.74 Å². The molecular weight excluding hydrogens is 482 g/mol. The van der Waals surface area contributed by atoms with Crippen molar-refractivity contribution in [1.82, 2.24) is 9.97 Å². The molecule has 0 amide bonds. The van der Waals surface area contributed by atoms with Crippen molar-refractivity contribution in [3.05, 3.63) is 69.4 Å². The molecule has 0 bridgehead atoms. The summed E-state index contributed by atoms with van der Waals surface area (Å²) < 4.78 is 11.4. The number of thioether (sulfide) groups is 1. The lowest BCUT2D eigenvalue weighted by atomic mass is 9.96. The maximum Gasteiger partial charge on any atom is 0.227 e. The Hall–Kier alpha value is -3.16. The van der Waals surface area contributed by atoms with Gasteiger partial charge in [-0.1, -0.05) is 23.9 Å². The second kappa shape index (κ2) is 11.1. The number of nitrogens with zero attached hydrogens (tertiary/aromatic N) is 3. The van der Waals surface area contributed by atoms with Crippen molar-refractivity contribution in [2.24, 2.45) is 0 Å². The lowest BCUT2D eigenvalue weighted by Gasteiger charge is -2.15. The fourth-order valence-corrected chi connectivity index (χ4v) is 5.17. The van der Waals surface area contributed by atoms with Crippen LogP contribution in [0.5, 0.6) is 5.75 Å². The summed E-state index contributed by atoms with van der Waals surface area (Å²) in [6, 6.07) is 11.7. The summed E-state index contributed by atoms with van der Waals surface area (Å²) in [5, 5.41) is 33.1. The second-order valence-corrected chi connectivity index (χ2v) is 9.73. The summed E-state index contributed by atoms with van der Waals surface area (Å²) in [5.41, 5.74) is 5.79. The molecule has 3 heterocycles. The normalized spacial score (nSPS) is 11.9. The van der Waals surface area contributed by atoms with E-state index in [9.17, 15) is 10.4 Å². The van der Waals surface area contributed by atoms with E-state index in [2.05, 4.69) is 11.1 Å². The zero-order valence-electron chi connectivity index (χ0n) is 19.6. The van der Waals surface area contributed by atoms with E-state index >= 15 is 0 Å². The van der Waals surface area contributed by atoms with Crippen molar-refractivity contribution in [3.63, 3.8) is 0 Å². The van der Waals surface area contributed by atoms with Crippen LogP contribution in [0.2, 0.25) is 0 Å². The fourth-order valence-electron chi connectivity index (χ4n) is 3.51. The highest BCUT2D eigenvalue weighted by molar-refractivity contribution is 7.98. The van der Waals surface area contributed by atoms with E-state index in [1.165, 1.54) is 11.8 Å². The summed E-state index contributed by atoms with van der Waals surface area (Å²) in [6.45, 7) is 5.44. The standard InChI is InChI=1S/C26H25N3O4S2/c1-15-16(2)28-26(35-14-23-17(3)33-25(29-23)19-8-9-34-13-19)22(10-27)24(15)18-4-6-21(7-5-18)32-12-20(31)11-30/h4-9,13,20,30-31H,11-12,14H2,1-3H3/t20-/m1/s1. The first kappa shape index (κ1) is 24.9. The number of pyridine rings is 1. The molecule has 2 N–H and O–H groups in total. The minimum Gasteiger partial charge on any atom is -0.491 e. The molecule has 0 spiro atoms. The summed E-state index contributed by atoms with van der Waals surface area (Å²) in [7, 11) is 0. The van der Waals surface area contributed by atoms with E-state index in [1.807, 2.05) is 49.7 Å². The van der Waals surface area contributed by atoms with Gasteiger partial charge in [0.05, 0.1) is 17.9 Å². The second-order valence-electron chi connectivity index (χ2n) is 7.98. The van der Waals surface area contributed by atoms with Crippen molar-refractivity contribution in [2.45, 2.75) is 37.7 Å². The SMILES string of the molecule is Cc1nc(SCc2nc(-c3ccsc3)oc2C)c(C#N)c(-c2ccc(OC[C@H](O)CO)cc2)c1C.